The van der Waals surface area contributed by atoms with E-state index in [4.69, 9.17) is 24.4 Å². The lowest BCUT2D eigenvalue weighted by Gasteiger charge is -2.22. The Morgan fingerprint density at radius 1 is 0.718 bits per heavy atom. The molecular formula is C33H34N5O+. The Balaban J connectivity index is 1.57. The molecule has 0 radical (unpaired) electrons. The zero-order chi connectivity index (χ0) is 27.7. The summed E-state index contributed by atoms with van der Waals surface area (Å²) in [7, 11) is 2.08. The molecule has 196 valence electrons. The minimum Gasteiger partial charge on any atom is -0.437 e. The Labute approximate surface area is 228 Å². The van der Waals surface area contributed by atoms with Crippen LogP contribution >= 0.6 is 0 Å². The molecule has 0 unspecified atom stereocenters. The molecule has 0 aliphatic carbocycles. The van der Waals surface area contributed by atoms with Crippen molar-refractivity contribution in [3.63, 3.8) is 0 Å². The van der Waals surface area contributed by atoms with Crippen molar-refractivity contribution >= 4 is 32.8 Å². The van der Waals surface area contributed by atoms with Gasteiger partial charge in [0.25, 0.3) is 0 Å². The molecule has 4 aromatic heterocycles. The monoisotopic (exact) mass is 516 g/mol. The molecule has 0 aliphatic rings. The molecule has 0 saturated heterocycles. The Morgan fingerprint density at radius 2 is 1.36 bits per heavy atom. The fraction of sp³-hybridized carbons (Fsp3) is 0.303. The molecule has 0 N–H and O–H groups in total. The van der Waals surface area contributed by atoms with E-state index in [1.807, 2.05) is 6.07 Å². The fourth-order valence-corrected chi connectivity index (χ4v) is 4.96. The molecule has 0 amide bonds. The van der Waals surface area contributed by atoms with E-state index < -0.39 is 0 Å². The smallest absolute Gasteiger partial charge is 0.228 e. The molecule has 0 fully saturated rings. The van der Waals surface area contributed by atoms with Crippen LogP contribution in [-0.2, 0) is 17.9 Å². The summed E-state index contributed by atoms with van der Waals surface area (Å²) < 4.78 is 8.72. The van der Waals surface area contributed by atoms with Crippen molar-refractivity contribution in [3.05, 3.63) is 78.0 Å². The summed E-state index contributed by atoms with van der Waals surface area (Å²) in [5, 5.41) is 4.41. The van der Waals surface area contributed by atoms with E-state index in [-0.39, 0.29) is 10.8 Å². The van der Waals surface area contributed by atoms with Gasteiger partial charge in [0.1, 0.15) is 24.4 Å². The van der Waals surface area contributed by atoms with Crippen molar-refractivity contribution in [2.24, 2.45) is 7.05 Å². The van der Waals surface area contributed by atoms with Gasteiger partial charge in [-0.3, -0.25) is 0 Å². The molecule has 0 bridgehead atoms. The molecule has 6 aromatic rings. The van der Waals surface area contributed by atoms with Gasteiger partial charge in [-0.2, -0.15) is 0 Å². The second-order valence-corrected chi connectivity index (χ2v) is 12.5. The van der Waals surface area contributed by atoms with Gasteiger partial charge < -0.3 is 4.42 Å². The summed E-state index contributed by atoms with van der Waals surface area (Å²) >= 11 is 0. The zero-order valence-electron chi connectivity index (χ0n) is 23.9. The van der Waals surface area contributed by atoms with Crippen LogP contribution in [0.5, 0.6) is 0 Å². The number of fused-ring (bicyclic) bond motifs is 4. The maximum atomic E-state index is 6.55. The number of hydrogen-bond donors (Lipinski definition) is 0. The Kier molecular flexibility index (Phi) is 5.58. The summed E-state index contributed by atoms with van der Waals surface area (Å²) in [6.45, 7) is 14.8. The van der Waals surface area contributed by atoms with E-state index >= 15 is 0 Å². The van der Waals surface area contributed by atoms with Crippen molar-refractivity contribution in [3.8, 4) is 22.8 Å². The first-order valence-electron chi connectivity index (χ1n) is 13.4. The predicted molar refractivity (Wildman–Crippen MR) is 157 cm³/mol. The van der Waals surface area contributed by atoms with Crippen LogP contribution < -0.4 is 4.57 Å². The highest BCUT2D eigenvalue weighted by atomic mass is 16.3. The lowest BCUT2D eigenvalue weighted by atomic mass is 9.93. The van der Waals surface area contributed by atoms with Crippen LogP contribution in [0.4, 0.5) is 0 Å². The third-order valence-electron chi connectivity index (χ3n) is 7.18. The molecule has 6 nitrogen and oxygen atoms in total. The summed E-state index contributed by atoms with van der Waals surface area (Å²) in [5.41, 5.74) is 4.97. The normalized spacial score (nSPS) is 12.6. The van der Waals surface area contributed by atoms with Crippen LogP contribution in [0.25, 0.3) is 55.6 Å². The minimum atomic E-state index is -0.219. The first-order valence-corrected chi connectivity index (χ1v) is 13.4. The minimum absolute atomic E-state index is 0.219. The van der Waals surface area contributed by atoms with Crippen LogP contribution in [0.3, 0.4) is 0 Å². The molecule has 0 spiro atoms. The van der Waals surface area contributed by atoms with Crippen molar-refractivity contribution < 1.29 is 8.98 Å². The number of furan rings is 1. The number of nitrogens with zero attached hydrogens (tertiary/aromatic N) is 5. The van der Waals surface area contributed by atoms with E-state index in [2.05, 4.69) is 115 Å². The Hall–Kier alpha value is -4.19. The molecule has 0 saturated carbocycles. The molecule has 0 aliphatic heterocycles. The van der Waals surface area contributed by atoms with Gasteiger partial charge in [-0.25, -0.2) is 24.5 Å². The van der Waals surface area contributed by atoms with Crippen molar-refractivity contribution in [1.82, 2.24) is 19.9 Å². The Bertz CT molecular complexity index is 1870. The lowest BCUT2D eigenvalue weighted by Crippen LogP contribution is -2.30. The number of aromatic nitrogens is 5. The number of aryl methyl sites for hydroxylation is 2. The van der Waals surface area contributed by atoms with E-state index in [0.717, 1.165) is 44.8 Å². The van der Waals surface area contributed by atoms with E-state index in [9.17, 15) is 0 Å². The van der Waals surface area contributed by atoms with Crippen LogP contribution in [-0.4, -0.2) is 19.9 Å². The number of rotatable bonds is 2. The quantitative estimate of drug-likeness (QED) is 0.225. The van der Waals surface area contributed by atoms with Crippen LogP contribution in [0, 0.1) is 6.92 Å². The third kappa shape index (κ3) is 4.34. The number of benzene rings is 2. The summed E-state index contributed by atoms with van der Waals surface area (Å²) in [5.74, 6) is 2.08. The summed E-state index contributed by atoms with van der Waals surface area (Å²) in [4.78, 5) is 19.4. The van der Waals surface area contributed by atoms with Crippen LogP contribution in [0.15, 0.2) is 65.2 Å². The lowest BCUT2D eigenvalue weighted by molar-refractivity contribution is -0.659. The third-order valence-corrected chi connectivity index (χ3v) is 7.18. The van der Waals surface area contributed by atoms with Gasteiger partial charge in [0, 0.05) is 33.1 Å². The summed E-state index contributed by atoms with van der Waals surface area (Å²) in [6.07, 6.45) is 2.17. The highest BCUT2D eigenvalue weighted by Gasteiger charge is 2.26. The SMILES string of the molecule is Cc1ccc2c(oc3nc(-c4nc(C(C)(C)C)nc(C(C)(C)C)n4)ccc32)c1-c1cc2ccccc2c[n+]1C. The van der Waals surface area contributed by atoms with Gasteiger partial charge >= 0.3 is 0 Å². The van der Waals surface area contributed by atoms with E-state index in [1.165, 1.54) is 10.8 Å². The summed E-state index contributed by atoms with van der Waals surface area (Å²) in [6, 6.07) is 19.0. The highest BCUT2D eigenvalue weighted by Crippen LogP contribution is 2.37. The number of hydrogen-bond acceptors (Lipinski definition) is 5. The fourth-order valence-electron chi connectivity index (χ4n) is 4.96. The first-order chi connectivity index (χ1) is 18.4. The highest BCUT2D eigenvalue weighted by molar-refractivity contribution is 6.09. The molecule has 39 heavy (non-hydrogen) atoms. The largest absolute Gasteiger partial charge is 0.437 e. The van der Waals surface area contributed by atoms with Gasteiger partial charge in [0.2, 0.25) is 11.4 Å². The molecule has 2 aromatic carbocycles. The molecular weight excluding hydrogens is 482 g/mol. The van der Waals surface area contributed by atoms with Crippen molar-refractivity contribution in [2.75, 3.05) is 0 Å². The standard InChI is InChI=1S/C33H34N5O/c1-19-13-14-22-23-15-16-24(28-35-30(32(2,3)4)37-31(36-28)33(5,6)7)34-29(23)39-27(22)26(19)25-17-20-11-9-10-12-21(20)18-38(25)8/h9-18H,1-8H3/q+1. The molecule has 6 rings (SSSR count). The second-order valence-electron chi connectivity index (χ2n) is 12.5. The van der Waals surface area contributed by atoms with Gasteiger partial charge in [0.15, 0.2) is 17.6 Å². The van der Waals surface area contributed by atoms with Gasteiger partial charge in [0.05, 0.1) is 5.56 Å². The first kappa shape index (κ1) is 25.1. The molecule has 0 atom stereocenters. The maximum Gasteiger partial charge on any atom is 0.228 e. The molecule has 6 heteroatoms. The van der Waals surface area contributed by atoms with Gasteiger partial charge in [-0.15, -0.1) is 0 Å². The average Bonchev–Trinajstić information content (AvgIpc) is 3.25. The van der Waals surface area contributed by atoms with E-state index in [0.29, 0.717) is 17.2 Å². The predicted octanol–water partition coefficient (Wildman–Crippen LogP) is 7.38. The maximum absolute atomic E-state index is 6.55. The second kappa shape index (κ2) is 8.67. The zero-order valence-corrected chi connectivity index (χ0v) is 23.9. The van der Waals surface area contributed by atoms with Gasteiger partial charge in [-0.05, 0) is 36.1 Å². The van der Waals surface area contributed by atoms with Crippen LogP contribution in [0.1, 0.15) is 58.8 Å². The number of pyridine rings is 2. The van der Waals surface area contributed by atoms with Crippen LogP contribution in [0.2, 0.25) is 0 Å². The van der Waals surface area contributed by atoms with Crippen molar-refractivity contribution in [2.45, 2.75) is 59.3 Å². The topological polar surface area (TPSA) is 68.6 Å². The molecule has 4 heterocycles. The Morgan fingerprint density at radius 3 is 2.03 bits per heavy atom. The van der Waals surface area contributed by atoms with Gasteiger partial charge in [-0.1, -0.05) is 71.9 Å². The average molecular weight is 517 g/mol. The van der Waals surface area contributed by atoms with E-state index in [1.54, 1.807) is 0 Å². The van der Waals surface area contributed by atoms with Crippen molar-refractivity contribution in [1.29, 1.82) is 0 Å².